The van der Waals surface area contributed by atoms with Crippen LogP contribution in [0.15, 0.2) is 29.1 Å². The van der Waals surface area contributed by atoms with Gasteiger partial charge in [0.15, 0.2) is 11.6 Å². The summed E-state index contributed by atoms with van der Waals surface area (Å²) in [5.74, 6) is 0.759. The minimum Gasteiger partial charge on any atom is -0.277 e. The minimum absolute atomic E-state index is 0.273. The second-order valence-electron chi connectivity index (χ2n) is 3.03. The predicted octanol–water partition coefficient (Wildman–Crippen LogP) is 0.791. The molecule has 0 spiro atoms. The lowest BCUT2D eigenvalue weighted by molar-refractivity contribution is 0.836. The van der Waals surface area contributed by atoms with E-state index in [0.29, 0.717) is 11.6 Å². The van der Waals surface area contributed by atoms with E-state index in [2.05, 4.69) is 36.9 Å². The van der Waals surface area contributed by atoms with Crippen molar-refractivity contribution in [2.45, 2.75) is 0 Å². The largest absolute Gasteiger partial charge is 0.277 e. The van der Waals surface area contributed by atoms with Crippen LogP contribution in [0.1, 0.15) is 0 Å². The van der Waals surface area contributed by atoms with Crippen LogP contribution in [0, 0.1) is 0 Å². The molecule has 0 aliphatic rings. The quantitative estimate of drug-likeness (QED) is 0.463. The van der Waals surface area contributed by atoms with Gasteiger partial charge in [0.05, 0.1) is 0 Å². The van der Waals surface area contributed by atoms with Gasteiger partial charge in [-0.1, -0.05) is 11.6 Å². The molecule has 0 radical (unpaired) electrons. The Kier molecular flexibility index (Phi) is 3.58. The van der Waals surface area contributed by atoms with Crippen molar-refractivity contribution in [2.24, 2.45) is 10.1 Å². The molecule has 2 rings (SSSR count). The van der Waals surface area contributed by atoms with Crippen LogP contribution in [0.4, 0.5) is 5.82 Å². The number of hydrogen-bond donors (Lipinski definition) is 0. The third-order valence-electron chi connectivity index (χ3n) is 1.98. The number of halogens is 1. The molecule has 2 aromatic rings. The Labute approximate surface area is 108 Å². The number of rotatable bonds is 4. The van der Waals surface area contributed by atoms with Gasteiger partial charge in [0, 0.05) is 13.8 Å². The third kappa shape index (κ3) is 2.18. The zero-order valence-electron chi connectivity index (χ0n) is 9.47. The van der Waals surface area contributed by atoms with Crippen LogP contribution in [-0.4, -0.2) is 44.8 Å². The Bertz CT molecular complexity index is 564. The number of aromatic nitrogens is 5. The highest BCUT2D eigenvalue weighted by Gasteiger charge is 2.15. The van der Waals surface area contributed by atoms with E-state index in [9.17, 15) is 0 Å². The van der Waals surface area contributed by atoms with Gasteiger partial charge in [-0.05, 0) is 0 Å². The van der Waals surface area contributed by atoms with Crippen LogP contribution in [0.2, 0.25) is 5.02 Å². The van der Waals surface area contributed by atoms with Gasteiger partial charge in [-0.15, -0.1) is 0 Å². The maximum absolute atomic E-state index is 6.20. The summed E-state index contributed by atoms with van der Waals surface area (Å²) in [6.07, 6.45) is 5.65. The van der Waals surface area contributed by atoms with Crippen LogP contribution < -0.4 is 5.01 Å². The van der Waals surface area contributed by atoms with Crippen LogP contribution in [-0.2, 0) is 0 Å². The molecule has 92 valence electrons. The number of nitrogens with zero attached hydrogens (tertiary/aromatic N) is 8. The summed E-state index contributed by atoms with van der Waals surface area (Å²) < 4.78 is 1.43. The van der Waals surface area contributed by atoms with Gasteiger partial charge in [-0.2, -0.15) is 10.2 Å². The van der Waals surface area contributed by atoms with E-state index >= 15 is 0 Å². The highest BCUT2D eigenvalue weighted by molar-refractivity contribution is 6.34. The van der Waals surface area contributed by atoms with Crippen LogP contribution in [0.3, 0.4) is 0 Å². The minimum atomic E-state index is 0.273. The summed E-state index contributed by atoms with van der Waals surface area (Å²) in [6, 6.07) is 0. The third-order valence-corrected chi connectivity index (χ3v) is 2.32. The first-order valence-electron chi connectivity index (χ1n) is 4.81. The monoisotopic (exact) mass is 264 g/mol. The lowest BCUT2D eigenvalue weighted by Crippen LogP contribution is -2.16. The van der Waals surface area contributed by atoms with Crippen molar-refractivity contribution in [3.63, 3.8) is 0 Å². The lowest BCUT2D eigenvalue weighted by atomic mass is 10.5. The van der Waals surface area contributed by atoms with Crippen molar-refractivity contribution in [1.82, 2.24) is 24.7 Å². The fourth-order valence-electron chi connectivity index (χ4n) is 1.26. The molecule has 0 saturated carbocycles. The molecule has 9 heteroatoms. The van der Waals surface area contributed by atoms with Crippen LogP contribution in [0.5, 0.6) is 0 Å². The maximum Gasteiger partial charge on any atom is 0.179 e. The van der Waals surface area contributed by atoms with Gasteiger partial charge in [0.2, 0.25) is 0 Å². The molecule has 8 nitrogen and oxygen atoms in total. The van der Waals surface area contributed by atoms with Gasteiger partial charge in [0.1, 0.15) is 30.3 Å². The zero-order chi connectivity index (χ0) is 13.0. The average molecular weight is 265 g/mol. The average Bonchev–Trinajstić information content (AvgIpc) is 2.90. The number of hydrogen-bond acceptors (Lipinski definition) is 6. The van der Waals surface area contributed by atoms with Crippen molar-refractivity contribution in [2.75, 3.05) is 12.1 Å². The normalized spacial score (nSPS) is 10.8. The molecule has 0 aromatic carbocycles. The molecular formula is C9H9ClN8. The molecule has 0 atom stereocenters. The standard InChI is InChI=1S/C9H9ClN8/c1-11-5-17(12-2)8-7(10)9(15-4-14-8)18-6-13-3-16-18/h3-6H,2H2,1H3. The van der Waals surface area contributed by atoms with Gasteiger partial charge in [0.25, 0.3) is 0 Å². The molecule has 0 bridgehead atoms. The zero-order valence-corrected chi connectivity index (χ0v) is 10.2. The van der Waals surface area contributed by atoms with E-state index in [4.69, 9.17) is 11.6 Å². The molecule has 18 heavy (non-hydrogen) atoms. The highest BCUT2D eigenvalue weighted by Crippen LogP contribution is 2.26. The summed E-state index contributed by atoms with van der Waals surface area (Å²) in [5, 5.41) is 9.31. The Morgan fingerprint density at radius 1 is 1.44 bits per heavy atom. The Morgan fingerprint density at radius 2 is 2.28 bits per heavy atom. The topological polar surface area (TPSA) is 84.5 Å². The summed E-state index contributed by atoms with van der Waals surface area (Å²) in [6.45, 7) is 3.42. The van der Waals surface area contributed by atoms with E-state index in [1.54, 1.807) is 7.05 Å². The van der Waals surface area contributed by atoms with Gasteiger partial charge >= 0.3 is 0 Å². The molecule has 0 fully saturated rings. The maximum atomic E-state index is 6.20. The summed E-state index contributed by atoms with van der Waals surface area (Å²) in [4.78, 5) is 15.7. The predicted molar refractivity (Wildman–Crippen MR) is 68.4 cm³/mol. The molecule has 2 heterocycles. The fraction of sp³-hybridized carbons (Fsp3) is 0.111. The number of anilines is 1. The summed E-state index contributed by atoms with van der Waals surface area (Å²) >= 11 is 6.20. The summed E-state index contributed by atoms with van der Waals surface area (Å²) in [7, 11) is 1.60. The second-order valence-corrected chi connectivity index (χ2v) is 3.41. The Balaban J connectivity index is 2.51. The molecule has 0 saturated heterocycles. The molecule has 0 amide bonds. The highest BCUT2D eigenvalue weighted by atomic mass is 35.5. The van der Waals surface area contributed by atoms with Crippen molar-refractivity contribution in [3.05, 3.63) is 24.0 Å². The van der Waals surface area contributed by atoms with E-state index in [-0.39, 0.29) is 5.02 Å². The molecular weight excluding hydrogens is 256 g/mol. The first-order valence-corrected chi connectivity index (χ1v) is 5.19. The van der Waals surface area contributed by atoms with Gasteiger partial charge in [-0.25, -0.2) is 24.6 Å². The van der Waals surface area contributed by atoms with Crippen LogP contribution >= 0.6 is 11.6 Å². The van der Waals surface area contributed by atoms with E-state index in [1.165, 1.54) is 35.0 Å². The van der Waals surface area contributed by atoms with Crippen LogP contribution in [0.25, 0.3) is 5.82 Å². The van der Waals surface area contributed by atoms with Gasteiger partial charge < -0.3 is 0 Å². The van der Waals surface area contributed by atoms with Crippen molar-refractivity contribution >= 4 is 30.5 Å². The van der Waals surface area contributed by atoms with Gasteiger partial charge in [-0.3, -0.25) is 4.99 Å². The number of aliphatic imine (C=N–C) groups is 1. The van der Waals surface area contributed by atoms with E-state index in [0.717, 1.165) is 0 Å². The van der Waals surface area contributed by atoms with E-state index < -0.39 is 0 Å². The van der Waals surface area contributed by atoms with Crippen molar-refractivity contribution < 1.29 is 0 Å². The fourth-order valence-corrected chi connectivity index (χ4v) is 1.53. The Morgan fingerprint density at radius 3 is 2.89 bits per heavy atom. The molecule has 0 aliphatic carbocycles. The summed E-state index contributed by atoms with van der Waals surface area (Å²) in [5.41, 5.74) is 0. The first-order chi connectivity index (χ1) is 8.77. The second kappa shape index (κ2) is 5.32. The first kappa shape index (κ1) is 12.1. The lowest BCUT2D eigenvalue weighted by Gasteiger charge is -2.13. The smallest absolute Gasteiger partial charge is 0.179 e. The number of hydrazone groups is 1. The molecule has 2 aromatic heterocycles. The molecule has 0 aliphatic heterocycles. The molecule has 0 unspecified atom stereocenters. The molecule has 0 N–H and O–H groups in total. The van der Waals surface area contributed by atoms with Crippen molar-refractivity contribution in [1.29, 1.82) is 0 Å². The Hall–Kier alpha value is -2.35. The van der Waals surface area contributed by atoms with Crippen molar-refractivity contribution in [3.8, 4) is 5.82 Å². The van der Waals surface area contributed by atoms with E-state index in [1.807, 2.05) is 0 Å². The SMILES string of the molecule is C=NN(C=NC)c1ncnc(-n2cncn2)c1Cl.